The minimum atomic E-state index is 0.783. The van der Waals surface area contributed by atoms with E-state index in [1.165, 1.54) is 32.1 Å². The lowest BCUT2D eigenvalue weighted by atomic mass is 9.65. The fraction of sp³-hybridized carbons (Fsp3) is 0.900. The van der Waals surface area contributed by atoms with E-state index in [0.717, 1.165) is 41.4 Å². The molecule has 118 valence electrons. The smallest absolute Gasteiger partial charge is 0.0325 e. The molecule has 0 saturated heterocycles. The van der Waals surface area contributed by atoms with Crippen LogP contribution in [0.3, 0.4) is 0 Å². The Labute approximate surface area is 128 Å². The van der Waals surface area contributed by atoms with Gasteiger partial charge in [0, 0.05) is 0 Å². The van der Waals surface area contributed by atoms with Crippen LogP contribution < -0.4 is 0 Å². The summed E-state index contributed by atoms with van der Waals surface area (Å²) in [6, 6.07) is 0. The van der Waals surface area contributed by atoms with Crippen LogP contribution >= 0.6 is 0 Å². The van der Waals surface area contributed by atoms with Crippen LogP contribution in [0.5, 0.6) is 0 Å². The largest absolute Gasteiger partial charge is 0.103 e. The predicted octanol–water partition coefficient (Wildman–Crippen LogP) is 6.57. The molecule has 20 heavy (non-hydrogen) atoms. The number of rotatable bonds is 6. The molecular formula is C20H38. The lowest BCUT2D eigenvalue weighted by Gasteiger charge is -2.40. The maximum absolute atomic E-state index is 3.97. The van der Waals surface area contributed by atoms with Crippen LogP contribution in [0.4, 0.5) is 0 Å². The lowest BCUT2D eigenvalue weighted by molar-refractivity contribution is 0.0906. The van der Waals surface area contributed by atoms with Gasteiger partial charge in [0.25, 0.3) is 0 Å². The third kappa shape index (κ3) is 4.12. The second-order valence-corrected chi connectivity index (χ2v) is 7.80. The van der Waals surface area contributed by atoms with Gasteiger partial charge in [-0.05, 0) is 54.3 Å². The van der Waals surface area contributed by atoms with Gasteiger partial charge < -0.3 is 0 Å². The number of hydrogen-bond donors (Lipinski definition) is 0. The van der Waals surface area contributed by atoms with E-state index in [-0.39, 0.29) is 0 Å². The fourth-order valence-electron chi connectivity index (χ4n) is 5.07. The van der Waals surface area contributed by atoms with Crippen molar-refractivity contribution < 1.29 is 0 Å². The van der Waals surface area contributed by atoms with Crippen LogP contribution in [-0.4, -0.2) is 0 Å². The van der Waals surface area contributed by atoms with E-state index in [1.807, 2.05) is 0 Å². The topological polar surface area (TPSA) is 0 Å². The zero-order valence-corrected chi connectivity index (χ0v) is 14.9. The normalized spacial score (nSPS) is 34.5. The second kappa shape index (κ2) is 8.25. The minimum absolute atomic E-state index is 0.783. The van der Waals surface area contributed by atoms with Crippen LogP contribution in [0.1, 0.15) is 73.6 Å². The van der Waals surface area contributed by atoms with Gasteiger partial charge in [-0.1, -0.05) is 66.9 Å². The molecule has 1 fully saturated rings. The van der Waals surface area contributed by atoms with Crippen molar-refractivity contribution in [2.75, 3.05) is 0 Å². The van der Waals surface area contributed by atoms with Gasteiger partial charge in [0.1, 0.15) is 0 Å². The summed E-state index contributed by atoms with van der Waals surface area (Å²) in [5.74, 6) is 6.08. The highest BCUT2D eigenvalue weighted by Crippen LogP contribution is 2.45. The highest BCUT2D eigenvalue weighted by Gasteiger charge is 2.37. The van der Waals surface area contributed by atoms with E-state index in [9.17, 15) is 0 Å². The molecule has 0 spiro atoms. The maximum atomic E-state index is 3.97. The third-order valence-corrected chi connectivity index (χ3v) is 6.34. The Kier molecular flexibility index (Phi) is 7.34. The van der Waals surface area contributed by atoms with E-state index in [0.29, 0.717) is 0 Å². The van der Waals surface area contributed by atoms with E-state index in [1.54, 1.807) is 0 Å². The van der Waals surface area contributed by atoms with Crippen molar-refractivity contribution in [2.24, 2.45) is 41.4 Å². The van der Waals surface area contributed by atoms with Crippen molar-refractivity contribution in [2.45, 2.75) is 73.6 Å². The van der Waals surface area contributed by atoms with Gasteiger partial charge in [0.15, 0.2) is 0 Å². The molecule has 6 unspecified atom stereocenters. The first-order valence-corrected chi connectivity index (χ1v) is 9.04. The Balaban J connectivity index is 2.91. The summed E-state index contributed by atoms with van der Waals surface area (Å²) in [5, 5.41) is 0. The molecule has 1 aliphatic carbocycles. The van der Waals surface area contributed by atoms with Crippen molar-refractivity contribution in [3.63, 3.8) is 0 Å². The molecule has 0 heterocycles. The standard InChI is InChI=1S/C20H38/c1-8-11-15(5)20(14(3)4)19-13-10-12-18(9-2)16(6)17(19)7/h8,14-20H,1,9-13H2,2-7H3. The SMILES string of the molecule is C=CCC(C)C(C(C)C)C1CCCC(CC)C(C)C1C. The molecule has 1 rings (SSSR count). The van der Waals surface area contributed by atoms with Gasteiger partial charge in [-0.2, -0.15) is 0 Å². The Morgan fingerprint density at radius 3 is 2.25 bits per heavy atom. The fourth-order valence-corrected chi connectivity index (χ4v) is 5.07. The summed E-state index contributed by atoms with van der Waals surface area (Å²) in [6.45, 7) is 18.7. The van der Waals surface area contributed by atoms with Gasteiger partial charge in [0.2, 0.25) is 0 Å². The molecule has 6 atom stereocenters. The molecule has 0 aliphatic heterocycles. The van der Waals surface area contributed by atoms with Crippen LogP contribution in [0.25, 0.3) is 0 Å². The van der Waals surface area contributed by atoms with Crippen LogP contribution in [-0.2, 0) is 0 Å². The molecule has 0 aromatic rings. The molecule has 0 amide bonds. The first-order chi connectivity index (χ1) is 9.43. The van der Waals surface area contributed by atoms with Crippen molar-refractivity contribution in [1.82, 2.24) is 0 Å². The second-order valence-electron chi connectivity index (χ2n) is 7.80. The van der Waals surface area contributed by atoms with E-state index < -0.39 is 0 Å². The van der Waals surface area contributed by atoms with Gasteiger partial charge in [-0.15, -0.1) is 6.58 Å². The van der Waals surface area contributed by atoms with Crippen molar-refractivity contribution in [3.8, 4) is 0 Å². The monoisotopic (exact) mass is 278 g/mol. The Morgan fingerprint density at radius 1 is 1.10 bits per heavy atom. The van der Waals surface area contributed by atoms with Gasteiger partial charge in [-0.25, -0.2) is 0 Å². The molecule has 0 nitrogen and oxygen atoms in total. The van der Waals surface area contributed by atoms with Crippen molar-refractivity contribution in [1.29, 1.82) is 0 Å². The maximum Gasteiger partial charge on any atom is -0.0325 e. The molecular weight excluding hydrogens is 240 g/mol. The Morgan fingerprint density at radius 2 is 1.75 bits per heavy atom. The van der Waals surface area contributed by atoms with Gasteiger partial charge in [0.05, 0.1) is 0 Å². The van der Waals surface area contributed by atoms with E-state index >= 15 is 0 Å². The molecule has 0 bridgehead atoms. The van der Waals surface area contributed by atoms with Gasteiger partial charge in [-0.3, -0.25) is 0 Å². The van der Waals surface area contributed by atoms with Crippen LogP contribution in [0.15, 0.2) is 12.7 Å². The summed E-state index contributed by atoms with van der Waals surface area (Å²) in [6.07, 6.45) is 9.03. The molecule has 1 aliphatic rings. The quantitative estimate of drug-likeness (QED) is 0.381. The summed E-state index contributed by atoms with van der Waals surface area (Å²) in [4.78, 5) is 0. The molecule has 0 aromatic heterocycles. The zero-order valence-electron chi connectivity index (χ0n) is 14.9. The Hall–Kier alpha value is -0.260. The summed E-state index contributed by atoms with van der Waals surface area (Å²) in [7, 11) is 0. The summed E-state index contributed by atoms with van der Waals surface area (Å²) in [5.41, 5.74) is 0. The average Bonchev–Trinajstić information content (AvgIpc) is 2.52. The van der Waals surface area contributed by atoms with E-state index in [2.05, 4.69) is 54.2 Å². The molecule has 0 N–H and O–H groups in total. The van der Waals surface area contributed by atoms with Crippen molar-refractivity contribution in [3.05, 3.63) is 12.7 Å². The van der Waals surface area contributed by atoms with Gasteiger partial charge >= 0.3 is 0 Å². The Bertz CT molecular complexity index is 278. The number of hydrogen-bond acceptors (Lipinski definition) is 0. The van der Waals surface area contributed by atoms with Crippen LogP contribution in [0, 0.1) is 41.4 Å². The third-order valence-electron chi connectivity index (χ3n) is 6.34. The van der Waals surface area contributed by atoms with Crippen LogP contribution in [0.2, 0.25) is 0 Å². The zero-order chi connectivity index (χ0) is 15.3. The lowest BCUT2D eigenvalue weighted by Crippen LogP contribution is -2.33. The minimum Gasteiger partial charge on any atom is -0.103 e. The molecule has 0 radical (unpaired) electrons. The molecule has 1 saturated carbocycles. The predicted molar refractivity (Wildman–Crippen MR) is 91.8 cm³/mol. The highest BCUT2D eigenvalue weighted by atomic mass is 14.4. The molecule has 0 aromatic carbocycles. The van der Waals surface area contributed by atoms with E-state index in [4.69, 9.17) is 0 Å². The van der Waals surface area contributed by atoms with Crippen molar-refractivity contribution >= 4 is 0 Å². The summed E-state index contributed by atoms with van der Waals surface area (Å²) < 4.78 is 0. The number of allylic oxidation sites excluding steroid dienone is 1. The molecule has 0 heteroatoms. The summed E-state index contributed by atoms with van der Waals surface area (Å²) >= 11 is 0. The highest BCUT2D eigenvalue weighted by molar-refractivity contribution is 4.88. The first kappa shape index (κ1) is 17.8. The average molecular weight is 279 g/mol. The first-order valence-electron chi connectivity index (χ1n) is 9.04.